The lowest BCUT2D eigenvalue weighted by Crippen LogP contribution is -2.20. The van der Waals surface area contributed by atoms with Crippen molar-refractivity contribution in [1.82, 2.24) is 0 Å². The molecule has 168 valence electrons. The second kappa shape index (κ2) is 9.78. The largest absolute Gasteiger partial charge is 0.494 e. The maximum Gasteiger partial charge on any atom is 0.201 e. The number of rotatable bonds is 6. The van der Waals surface area contributed by atoms with Crippen LogP contribution in [0.1, 0.15) is 44.3 Å². The molecule has 0 saturated carbocycles. The Labute approximate surface area is 187 Å². The van der Waals surface area contributed by atoms with Gasteiger partial charge in [-0.2, -0.15) is 4.39 Å². The second-order valence-corrected chi connectivity index (χ2v) is 8.31. The Morgan fingerprint density at radius 1 is 0.875 bits per heavy atom. The summed E-state index contributed by atoms with van der Waals surface area (Å²) in [7, 11) is 1.29. The van der Waals surface area contributed by atoms with Crippen LogP contribution in [0.2, 0.25) is 0 Å². The highest BCUT2D eigenvalue weighted by Crippen LogP contribution is 2.35. The van der Waals surface area contributed by atoms with Crippen molar-refractivity contribution in [1.29, 1.82) is 0 Å². The topological polar surface area (TPSA) is 18.5 Å². The van der Waals surface area contributed by atoms with Crippen molar-refractivity contribution in [2.24, 2.45) is 5.92 Å². The molecule has 2 atom stereocenters. The van der Waals surface area contributed by atoms with Gasteiger partial charge in [-0.25, -0.2) is 8.78 Å². The zero-order valence-corrected chi connectivity index (χ0v) is 18.3. The standard InChI is InChI=1S/C27H27F3O2/c1-3-4-17-5-13-24(32-16-17)20-10-11-21(23(28)15-20)18-6-8-19(9-7-18)22-12-14-25(31-2)27(30)26(22)29/h6-12,14-15,17,24H,3-5,13,16H2,1-2H3. The minimum absolute atomic E-state index is 0.0676. The van der Waals surface area contributed by atoms with Crippen molar-refractivity contribution < 1.29 is 22.6 Å². The molecule has 5 heteroatoms. The summed E-state index contributed by atoms with van der Waals surface area (Å²) in [6.45, 7) is 2.91. The van der Waals surface area contributed by atoms with E-state index in [2.05, 4.69) is 6.92 Å². The minimum Gasteiger partial charge on any atom is -0.494 e. The van der Waals surface area contributed by atoms with Crippen LogP contribution in [0, 0.1) is 23.4 Å². The van der Waals surface area contributed by atoms with Gasteiger partial charge < -0.3 is 9.47 Å². The van der Waals surface area contributed by atoms with Crippen LogP contribution < -0.4 is 4.74 Å². The van der Waals surface area contributed by atoms with Gasteiger partial charge in [0.05, 0.1) is 19.8 Å². The van der Waals surface area contributed by atoms with Crippen molar-refractivity contribution in [2.75, 3.05) is 13.7 Å². The summed E-state index contributed by atoms with van der Waals surface area (Å²) in [6.07, 6.45) is 4.26. The second-order valence-electron chi connectivity index (χ2n) is 8.31. The molecule has 0 aromatic heterocycles. The monoisotopic (exact) mass is 440 g/mol. The third-order valence-electron chi connectivity index (χ3n) is 6.21. The third kappa shape index (κ3) is 4.53. The van der Waals surface area contributed by atoms with Gasteiger partial charge in [-0.15, -0.1) is 0 Å². The maximum absolute atomic E-state index is 14.9. The van der Waals surface area contributed by atoms with Gasteiger partial charge in [0.25, 0.3) is 0 Å². The average molecular weight is 441 g/mol. The van der Waals surface area contributed by atoms with Gasteiger partial charge in [0.1, 0.15) is 5.82 Å². The van der Waals surface area contributed by atoms with E-state index in [0.29, 0.717) is 22.6 Å². The third-order valence-corrected chi connectivity index (χ3v) is 6.21. The van der Waals surface area contributed by atoms with Gasteiger partial charge in [-0.3, -0.25) is 0 Å². The molecule has 1 aliphatic heterocycles. The molecule has 0 N–H and O–H groups in total. The van der Waals surface area contributed by atoms with E-state index >= 15 is 0 Å². The Morgan fingerprint density at radius 3 is 2.16 bits per heavy atom. The van der Waals surface area contributed by atoms with E-state index < -0.39 is 11.6 Å². The Hall–Kier alpha value is -2.79. The summed E-state index contributed by atoms with van der Waals surface area (Å²) in [6, 6.07) is 14.8. The molecule has 0 aliphatic carbocycles. The Morgan fingerprint density at radius 2 is 1.56 bits per heavy atom. The number of benzene rings is 3. The van der Waals surface area contributed by atoms with Crippen LogP contribution in [-0.4, -0.2) is 13.7 Å². The zero-order chi connectivity index (χ0) is 22.7. The Kier molecular flexibility index (Phi) is 6.85. The number of hydrogen-bond donors (Lipinski definition) is 0. The number of halogens is 3. The van der Waals surface area contributed by atoms with Crippen molar-refractivity contribution in [3.05, 3.63) is 77.6 Å². The number of hydrogen-bond acceptors (Lipinski definition) is 2. The molecule has 0 spiro atoms. The summed E-state index contributed by atoms with van der Waals surface area (Å²) in [5.74, 6) is -1.87. The van der Waals surface area contributed by atoms with Crippen LogP contribution in [0.3, 0.4) is 0 Å². The Bertz CT molecular complexity index is 1070. The predicted octanol–water partition coefficient (Wildman–Crippen LogP) is 7.71. The first kappa shape index (κ1) is 22.4. The summed E-state index contributed by atoms with van der Waals surface area (Å²) in [4.78, 5) is 0. The first-order valence-corrected chi connectivity index (χ1v) is 11.1. The van der Waals surface area contributed by atoms with Crippen molar-refractivity contribution in [3.8, 4) is 28.0 Å². The van der Waals surface area contributed by atoms with E-state index in [-0.39, 0.29) is 23.2 Å². The van der Waals surface area contributed by atoms with Crippen LogP contribution in [-0.2, 0) is 4.74 Å². The zero-order valence-electron chi connectivity index (χ0n) is 18.3. The van der Waals surface area contributed by atoms with E-state index in [9.17, 15) is 13.2 Å². The molecule has 1 heterocycles. The maximum atomic E-state index is 14.9. The summed E-state index contributed by atoms with van der Waals surface area (Å²) in [5, 5.41) is 0. The fourth-order valence-corrected chi connectivity index (χ4v) is 4.41. The smallest absolute Gasteiger partial charge is 0.201 e. The number of methoxy groups -OCH3 is 1. The molecule has 2 unspecified atom stereocenters. The molecule has 3 aromatic rings. The van der Waals surface area contributed by atoms with E-state index in [1.807, 2.05) is 6.07 Å². The van der Waals surface area contributed by atoms with Crippen molar-refractivity contribution in [3.63, 3.8) is 0 Å². The number of ether oxygens (including phenoxy) is 2. The molecular formula is C27H27F3O2. The molecule has 32 heavy (non-hydrogen) atoms. The molecular weight excluding hydrogens is 413 g/mol. The lowest BCUT2D eigenvalue weighted by molar-refractivity contribution is -0.0195. The molecule has 3 aromatic carbocycles. The quantitative estimate of drug-likeness (QED) is 0.391. The molecule has 0 bridgehead atoms. The highest BCUT2D eigenvalue weighted by atomic mass is 19.2. The van der Waals surface area contributed by atoms with Gasteiger partial charge in [-0.1, -0.05) is 49.7 Å². The van der Waals surface area contributed by atoms with Gasteiger partial charge >= 0.3 is 0 Å². The lowest BCUT2D eigenvalue weighted by atomic mass is 9.91. The molecule has 1 fully saturated rings. The van der Waals surface area contributed by atoms with Crippen molar-refractivity contribution >= 4 is 0 Å². The molecule has 4 rings (SSSR count). The summed E-state index contributed by atoms with van der Waals surface area (Å²) in [5.41, 5.74) is 2.61. The fraction of sp³-hybridized carbons (Fsp3) is 0.333. The molecule has 1 aliphatic rings. The van der Waals surface area contributed by atoms with Gasteiger partial charge in [-0.05, 0) is 60.1 Å². The highest BCUT2D eigenvalue weighted by molar-refractivity contribution is 5.71. The Balaban J connectivity index is 1.52. The highest BCUT2D eigenvalue weighted by Gasteiger charge is 2.23. The summed E-state index contributed by atoms with van der Waals surface area (Å²) >= 11 is 0. The van der Waals surface area contributed by atoms with Crippen LogP contribution in [0.15, 0.2) is 54.6 Å². The van der Waals surface area contributed by atoms with Crippen molar-refractivity contribution in [2.45, 2.75) is 38.7 Å². The molecule has 0 radical (unpaired) electrons. The fourth-order valence-electron chi connectivity index (χ4n) is 4.41. The minimum atomic E-state index is -1.03. The van der Waals surface area contributed by atoms with Crippen LogP contribution in [0.5, 0.6) is 5.75 Å². The first-order valence-electron chi connectivity index (χ1n) is 11.1. The molecule has 2 nitrogen and oxygen atoms in total. The van der Waals surface area contributed by atoms with E-state index in [1.54, 1.807) is 36.4 Å². The molecule has 1 saturated heterocycles. The van der Waals surface area contributed by atoms with E-state index in [1.165, 1.54) is 25.7 Å². The SMILES string of the molecule is CCCC1CCC(c2ccc(-c3ccc(-c4ccc(OC)c(F)c4F)cc3)c(F)c2)OC1. The molecule has 0 amide bonds. The van der Waals surface area contributed by atoms with Gasteiger partial charge in [0, 0.05) is 11.1 Å². The lowest BCUT2D eigenvalue weighted by Gasteiger charge is -2.29. The summed E-state index contributed by atoms with van der Waals surface area (Å²) < 4.78 is 54.2. The van der Waals surface area contributed by atoms with E-state index in [4.69, 9.17) is 9.47 Å². The van der Waals surface area contributed by atoms with Crippen LogP contribution in [0.4, 0.5) is 13.2 Å². The van der Waals surface area contributed by atoms with E-state index in [0.717, 1.165) is 31.4 Å². The van der Waals surface area contributed by atoms with Crippen LogP contribution in [0.25, 0.3) is 22.3 Å². The average Bonchev–Trinajstić information content (AvgIpc) is 2.82. The predicted molar refractivity (Wildman–Crippen MR) is 120 cm³/mol. The van der Waals surface area contributed by atoms with Crippen LogP contribution >= 0.6 is 0 Å². The normalized spacial score (nSPS) is 18.5. The van der Waals surface area contributed by atoms with Gasteiger partial charge in [0.2, 0.25) is 5.82 Å². The first-order chi connectivity index (χ1) is 15.5. The van der Waals surface area contributed by atoms with Gasteiger partial charge in [0.15, 0.2) is 11.6 Å².